The van der Waals surface area contributed by atoms with Crippen molar-refractivity contribution in [2.45, 2.75) is 83.4 Å². The van der Waals surface area contributed by atoms with Crippen LogP contribution in [0.1, 0.15) is 65.7 Å². The predicted octanol–water partition coefficient (Wildman–Crippen LogP) is 2.40. The summed E-state index contributed by atoms with van der Waals surface area (Å²) in [5.74, 6) is 0.246. The minimum absolute atomic E-state index is 0.246. The van der Waals surface area contributed by atoms with Gasteiger partial charge in [-0.3, -0.25) is 9.69 Å². The number of hydrogen-bond donors (Lipinski definition) is 1. The van der Waals surface area contributed by atoms with Crippen LogP contribution < -0.4 is 0 Å². The molecule has 1 heterocycles. The smallest absolute Gasteiger partial charge is 0.237 e. The van der Waals surface area contributed by atoms with E-state index in [1.807, 2.05) is 0 Å². The van der Waals surface area contributed by atoms with E-state index in [1.54, 1.807) is 0 Å². The topological polar surface area (TPSA) is 43.8 Å². The van der Waals surface area contributed by atoms with Crippen molar-refractivity contribution in [1.29, 1.82) is 0 Å². The minimum Gasteiger partial charge on any atom is -0.387 e. The van der Waals surface area contributed by atoms with Gasteiger partial charge in [0.25, 0.3) is 0 Å². The molecule has 1 N–H and O–H groups in total. The van der Waals surface area contributed by atoms with E-state index in [9.17, 15) is 9.90 Å². The molecule has 0 radical (unpaired) electrons. The first-order valence-electron chi connectivity index (χ1n) is 8.71. The van der Waals surface area contributed by atoms with Gasteiger partial charge < -0.3 is 10.0 Å². The van der Waals surface area contributed by atoms with Crippen molar-refractivity contribution in [3.05, 3.63) is 0 Å². The van der Waals surface area contributed by atoms with Crippen molar-refractivity contribution in [2.24, 2.45) is 0 Å². The van der Waals surface area contributed by atoms with Crippen LogP contribution in [0.15, 0.2) is 0 Å². The standard InChI is InChI=1S/C17H32N2O2/c1-4-10-17(21)12-18(13-17)11-16(20)19(14(2)3)15-8-6-5-7-9-15/h14-15,21H,4-13H2,1-3H3. The number of likely N-dealkylation sites (tertiary alicyclic amines) is 1. The molecule has 1 saturated carbocycles. The van der Waals surface area contributed by atoms with Crippen LogP contribution in [0, 0.1) is 0 Å². The van der Waals surface area contributed by atoms with Crippen LogP contribution in [0.5, 0.6) is 0 Å². The van der Waals surface area contributed by atoms with Gasteiger partial charge in [0.05, 0.1) is 12.1 Å². The van der Waals surface area contributed by atoms with E-state index in [-0.39, 0.29) is 11.9 Å². The van der Waals surface area contributed by atoms with E-state index < -0.39 is 5.60 Å². The Balaban J connectivity index is 1.85. The van der Waals surface area contributed by atoms with E-state index in [4.69, 9.17) is 0 Å². The van der Waals surface area contributed by atoms with Crippen molar-refractivity contribution in [3.8, 4) is 0 Å². The molecule has 1 saturated heterocycles. The third-order valence-corrected chi connectivity index (χ3v) is 4.92. The highest BCUT2D eigenvalue weighted by Crippen LogP contribution is 2.27. The average molecular weight is 296 g/mol. The summed E-state index contributed by atoms with van der Waals surface area (Å²) in [7, 11) is 0. The average Bonchev–Trinajstić information content (AvgIpc) is 2.38. The molecular formula is C17H32N2O2. The molecule has 1 aliphatic carbocycles. The van der Waals surface area contributed by atoms with Gasteiger partial charge in [0.2, 0.25) is 5.91 Å². The summed E-state index contributed by atoms with van der Waals surface area (Å²) in [4.78, 5) is 16.9. The second-order valence-corrected chi connectivity index (χ2v) is 7.31. The molecule has 2 fully saturated rings. The fraction of sp³-hybridized carbons (Fsp3) is 0.941. The quantitative estimate of drug-likeness (QED) is 0.818. The van der Waals surface area contributed by atoms with Gasteiger partial charge in [0, 0.05) is 25.2 Å². The zero-order valence-electron chi connectivity index (χ0n) is 14.0. The van der Waals surface area contributed by atoms with Crippen LogP contribution in [-0.2, 0) is 4.79 Å². The number of aliphatic hydroxyl groups is 1. The van der Waals surface area contributed by atoms with Crippen LogP contribution in [0.2, 0.25) is 0 Å². The summed E-state index contributed by atoms with van der Waals surface area (Å²) in [5, 5.41) is 10.2. The van der Waals surface area contributed by atoms with Crippen molar-refractivity contribution >= 4 is 5.91 Å². The largest absolute Gasteiger partial charge is 0.387 e. The third-order valence-electron chi connectivity index (χ3n) is 4.92. The molecule has 0 unspecified atom stereocenters. The summed E-state index contributed by atoms with van der Waals surface area (Å²) in [6, 6.07) is 0.707. The van der Waals surface area contributed by atoms with Gasteiger partial charge in [-0.15, -0.1) is 0 Å². The third kappa shape index (κ3) is 4.19. The van der Waals surface area contributed by atoms with Gasteiger partial charge in [-0.1, -0.05) is 32.6 Å². The van der Waals surface area contributed by atoms with Crippen molar-refractivity contribution in [1.82, 2.24) is 9.80 Å². The summed E-state index contributed by atoms with van der Waals surface area (Å²) >= 11 is 0. The highest BCUT2D eigenvalue weighted by atomic mass is 16.3. The number of nitrogens with zero attached hydrogens (tertiary/aromatic N) is 2. The van der Waals surface area contributed by atoms with Gasteiger partial charge in [0.15, 0.2) is 0 Å². The molecule has 122 valence electrons. The Hall–Kier alpha value is -0.610. The Morgan fingerprint density at radius 2 is 1.90 bits per heavy atom. The normalized spacial score (nSPS) is 23.1. The Labute approximate surface area is 129 Å². The van der Waals surface area contributed by atoms with Crippen molar-refractivity contribution in [3.63, 3.8) is 0 Å². The maximum atomic E-state index is 12.7. The first-order valence-corrected chi connectivity index (χ1v) is 8.71. The van der Waals surface area contributed by atoms with Gasteiger partial charge in [-0.25, -0.2) is 0 Å². The van der Waals surface area contributed by atoms with Crippen LogP contribution >= 0.6 is 0 Å². The Morgan fingerprint density at radius 3 is 2.43 bits per heavy atom. The SMILES string of the molecule is CCCC1(O)CN(CC(=O)N(C(C)C)C2CCCCC2)C1. The van der Waals surface area contributed by atoms with Crippen LogP contribution in [0.3, 0.4) is 0 Å². The first-order chi connectivity index (χ1) is 9.95. The Morgan fingerprint density at radius 1 is 1.29 bits per heavy atom. The highest BCUT2D eigenvalue weighted by Gasteiger charge is 2.41. The minimum atomic E-state index is -0.539. The molecule has 0 aromatic heterocycles. The van der Waals surface area contributed by atoms with Crippen LogP contribution in [0.25, 0.3) is 0 Å². The van der Waals surface area contributed by atoms with Crippen LogP contribution in [0.4, 0.5) is 0 Å². The Bertz CT molecular complexity index is 345. The molecule has 2 rings (SSSR count). The molecule has 0 atom stereocenters. The fourth-order valence-electron chi connectivity index (χ4n) is 4.07. The van der Waals surface area contributed by atoms with E-state index in [1.165, 1.54) is 19.3 Å². The molecule has 1 aliphatic heterocycles. The number of rotatable bonds is 6. The zero-order chi connectivity index (χ0) is 15.5. The zero-order valence-corrected chi connectivity index (χ0v) is 14.0. The lowest BCUT2D eigenvalue weighted by Crippen LogP contribution is -2.64. The molecule has 0 aromatic rings. The van der Waals surface area contributed by atoms with E-state index >= 15 is 0 Å². The maximum absolute atomic E-state index is 12.7. The fourth-order valence-corrected chi connectivity index (χ4v) is 4.07. The monoisotopic (exact) mass is 296 g/mol. The van der Waals surface area contributed by atoms with Gasteiger partial charge in [-0.2, -0.15) is 0 Å². The van der Waals surface area contributed by atoms with Crippen LogP contribution in [-0.4, -0.2) is 58.1 Å². The molecular weight excluding hydrogens is 264 g/mol. The Kier molecular flexibility index (Phi) is 5.67. The number of hydrogen-bond acceptors (Lipinski definition) is 3. The predicted molar refractivity (Wildman–Crippen MR) is 85.2 cm³/mol. The van der Waals surface area contributed by atoms with E-state index in [0.29, 0.717) is 25.7 Å². The second kappa shape index (κ2) is 7.10. The molecule has 4 nitrogen and oxygen atoms in total. The summed E-state index contributed by atoms with van der Waals surface area (Å²) in [6.45, 7) is 8.12. The summed E-state index contributed by atoms with van der Waals surface area (Å²) in [5.41, 5.74) is -0.539. The van der Waals surface area contributed by atoms with Crippen molar-refractivity contribution in [2.75, 3.05) is 19.6 Å². The molecule has 4 heteroatoms. The number of β-amino-alcohol motifs (C(OH)–C–C–N with tert-alkyl or cyclic N) is 1. The maximum Gasteiger partial charge on any atom is 0.237 e. The molecule has 0 spiro atoms. The summed E-state index contributed by atoms with van der Waals surface area (Å²) in [6.07, 6.45) is 7.97. The summed E-state index contributed by atoms with van der Waals surface area (Å²) < 4.78 is 0. The lowest BCUT2D eigenvalue weighted by atomic mass is 9.89. The van der Waals surface area contributed by atoms with E-state index in [2.05, 4.69) is 30.6 Å². The lowest BCUT2D eigenvalue weighted by molar-refractivity contribution is -0.147. The number of carbonyl (C=O) groups is 1. The molecule has 0 bridgehead atoms. The van der Waals surface area contributed by atoms with E-state index in [0.717, 1.165) is 25.7 Å². The molecule has 21 heavy (non-hydrogen) atoms. The van der Waals surface area contributed by atoms with Gasteiger partial charge in [0.1, 0.15) is 0 Å². The lowest BCUT2D eigenvalue weighted by Gasteiger charge is -2.47. The molecule has 2 aliphatic rings. The van der Waals surface area contributed by atoms with Crippen molar-refractivity contribution < 1.29 is 9.90 Å². The highest BCUT2D eigenvalue weighted by molar-refractivity contribution is 5.79. The molecule has 0 aromatic carbocycles. The number of carbonyl (C=O) groups excluding carboxylic acids is 1. The second-order valence-electron chi connectivity index (χ2n) is 7.31. The van der Waals surface area contributed by atoms with Gasteiger partial charge >= 0.3 is 0 Å². The van der Waals surface area contributed by atoms with Gasteiger partial charge in [-0.05, 0) is 33.1 Å². The molecule has 1 amide bonds. The first kappa shape index (κ1) is 16.8. The number of amides is 1.